The molecule has 1 saturated carbocycles. The fraction of sp³-hybridized carbons (Fsp3) is 0.240. The first-order valence-corrected chi connectivity index (χ1v) is 12.4. The summed E-state index contributed by atoms with van der Waals surface area (Å²) in [5.74, 6) is 1.25. The smallest absolute Gasteiger partial charge is 0.267 e. The third-order valence-electron chi connectivity index (χ3n) is 5.74. The summed E-state index contributed by atoms with van der Waals surface area (Å²) in [6.07, 6.45) is 8.77. The number of amides is 1. The average molecular weight is 498 g/mol. The summed E-state index contributed by atoms with van der Waals surface area (Å²) >= 11 is 13.7. The molecular weight excluding hydrogens is 477 g/mol. The molecule has 2 aromatic heterocycles. The van der Waals surface area contributed by atoms with E-state index < -0.39 is 0 Å². The zero-order valence-electron chi connectivity index (χ0n) is 17.7. The molecule has 0 spiro atoms. The van der Waals surface area contributed by atoms with E-state index in [9.17, 15) is 4.79 Å². The fourth-order valence-corrected chi connectivity index (χ4v) is 5.53. The van der Waals surface area contributed by atoms with E-state index in [1.54, 1.807) is 24.4 Å². The van der Waals surface area contributed by atoms with Crippen molar-refractivity contribution in [3.05, 3.63) is 75.6 Å². The van der Waals surface area contributed by atoms with Crippen molar-refractivity contribution >= 4 is 57.8 Å². The maximum absolute atomic E-state index is 13.5. The van der Waals surface area contributed by atoms with Gasteiger partial charge in [0.25, 0.3) is 5.91 Å². The SMILES string of the molecule is O=C1/C(=C\c2ccc(-c3cccc(Cl)c3)o2)SC(=Nc2cccnc2Cl)N1C1CCCCC1. The van der Waals surface area contributed by atoms with Gasteiger partial charge in [0.2, 0.25) is 0 Å². The van der Waals surface area contributed by atoms with Crippen LogP contribution in [0.4, 0.5) is 5.69 Å². The number of carbonyl (C=O) groups is 1. The third-order valence-corrected chi connectivity index (χ3v) is 7.25. The zero-order valence-corrected chi connectivity index (χ0v) is 20.0. The molecule has 0 N–H and O–H groups in total. The van der Waals surface area contributed by atoms with Gasteiger partial charge in [0.1, 0.15) is 17.2 Å². The number of hydrogen-bond donors (Lipinski definition) is 0. The number of hydrogen-bond acceptors (Lipinski definition) is 5. The van der Waals surface area contributed by atoms with Crippen LogP contribution >= 0.6 is 35.0 Å². The van der Waals surface area contributed by atoms with E-state index >= 15 is 0 Å². The van der Waals surface area contributed by atoms with Crippen LogP contribution in [-0.4, -0.2) is 27.0 Å². The van der Waals surface area contributed by atoms with Crippen LogP contribution in [0.5, 0.6) is 0 Å². The molecule has 2 fully saturated rings. The molecule has 33 heavy (non-hydrogen) atoms. The lowest BCUT2D eigenvalue weighted by molar-refractivity contribution is -0.124. The number of halogens is 2. The first-order valence-electron chi connectivity index (χ1n) is 10.9. The minimum Gasteiger partial charge on any atom is -0.457 e. The first kappa shape index (κ1) is 22.3. The van der Waals surface area contributed by atoms with Crippen molar-refractivity contribution in [2.24, 2.45) is 4.99 Å². The van der Waals surface area contributed by atoms with Gasteiger partial charge >= 0.3 is 0 Å². The molecule has 0 atom stereocenters. The summed E-state index contributed by atoms with van der Waals surface area (Å²) in [7, 11) is 0. The molecule has 2 aliphatic rings. The van der Waals surface area contributed by atoms with Gasteiger partial charge in [0, 0.05) is 28.9 Å². The summed E-state index contributed by atoms with van der Waals surface area (Å²) < 4.78 is 6.00. The highest BCUT2D eigenvalue weighted by atomic mass is 35.5. The second-order valence-electron chi connectivity index (χ2n) is 8.00. The molecule has 8 heteroatoms. The molecule has 0 unspecified atom stereocenters. The van der Waals surface area contributed by atoms with Crippen LogP contribution in [0.1, 0.15) is 37.9 Å². The Morgan fingerprint density at radius 1 is 1.09 bits per heavy atom. The van der Waals surface area contributed by atoms with Gasteiger partial charge in [0.05, 0.1) is 4.91 Å². The van der Waals surface area contributed by atoms with Gasteiger partial charge in [0.15, 0.2) is 10.3 Å². The van der Waals surface area contributed by atoms with Crippen LogP contribution in [0, 0.1) is 0 Å². The van der Waals surface area contributed by atoms with Gasteiger partial charge in [-0.25, -0.2) is 9.98 Å². The monoisotopic (exact) mass is 497 g/mol. The van der Waals surface area contributed by atoms with Crippen LogP contribution in [0.25, 0.3) is 17.4 Å². The first-order chi connectivity index (χ1) is 16.1. The second-order valence-corrected chi connectivity index (χ2v) is 9.80. The molecule has 1 aromatic carbocycles. The lowest BCUT2D eigenvalue weighted by Crippen LogP contribution is -2.40. The Hall–Kier alpha value is -2.54. The van der Waals surface area contributed by atoms with Crippen molar-refractivity contribution in [3.8, 4) is 11.3 Å². The number of aliphatic imine (C=N–C) groups is 1. The lowest BCUT2D eigenvalue weighted by Gasteiger charge is -2.30. The number of amidine groups is 1. The van der Waals surface area contributed by atoms with Gasteiger partial charge in [-0.15, -0.1) is 0 Å². The number of benzene rings is 1. The highest BCUT2D eigenvalue weighted by Crippen LogP contribution is 2.39. The number of thioether (sulfide) groups is 1. The van der Waals surface area contributed by atoms with Gasteiger partial charge in [-0.3, -0.25) is 9.69 Å². The van der Waals surface area contributed by atoms with E-state index in [1.807, 2.05) is 41.3 Å². The summed E-state index contributed by atoms with van der Waals surface area (Å²) in [6.45, 7) is 0. The second kappa shape index (κ2) is 9.75. The van der Waals surface area contributed by atoms with Gasteiger partial charge in [-0.1, -0.05) is 54.6 Å². The lowest BCUT2D eigenvalue weighted by atomic mass is 9.94. The summed E-state index contributed by atoms with van der Waals surface area (Å²) in [6, 6.07) is 14.9. The quantitative estimate of drug-likeness (QED) is 0.275. The van der Waals surface area contributed by atoms with Crippen molar-refractivity contribution in [1.29, 1.82) is 0 Å². The van der Waals surface area contributed by atoms with Gasteiger partial charge in [-0.05, 0) is 61.0 Å². The van der Waals surface area contributed by atoms with E-state index in [1.165, 1.54) is 18.2 Å². The standard InChI is InChI=1S/C25H21Cl2N3O2S/c26-17-7-4-6-16(14-17)21-12-11-19(32-21)15-22-24(31)30(18-8-2-1-3-9-18)25(33-22)29-20-10-5-13-28-23(20)27/h4-7,10-15,18H,1-3,8-9H2/b22-15+,29-25?. The largest absolute Gasteiger partial charge is 0.457 e. The highest BCUT2D eigenvalue weighted by molar-refractivity contribution is 8.18. The van der Waals surface area contributed by atoms with Gasteiger partial charge in [-0.2, -0.15) is 0 Å². The molecule has 168 valence electrons. The molecule has 1 aliphatic carbocycles. The molecule has 3 aromatic rings. The minimum atomic E-state index is -0.0497. The number of nitrogens with zero attached hydrogens (tertiary/aromatic N) is 3. The number of rotatable bonds is 4. The molecule has 1 saturated heterocycles. The van der Waals surface area contributed by atoms with Crippen molar-refractivity contribution < 1.29 is 9.21 Å². The van der Waals surface area contributed by atoms with Crippen LogP contribution in [-0.2, 0) is 4.79 Å². The van der Waals surface area contributed by atoms with E-state index in [-0.39, 0.29) is 11.9 Å². The van der Waals surface area contributed by atoms with Crippen molar-refractivity contribution in [3.63, 3.8) is 0 Å². The Morgan fingerprint density at radius 2 is 1.94 bits per heavy atom. The number of furan rings is 1. The van der Waals surface area contributed by atoms with Crippen LogP contribution in [0.3, 0.4) is 0 Å². The number of carbonyl (C=O) groups excluding carboxylic acids is 1. The Morgan fingerprint density at radius 3 is 2.73 bits per heavy atom. The minimum absolute atomic E-state index is 0.0497. The summed E-state index contributed by atoms with van der Waals surface area (Å²) in [4.78, 5) is 24.7. The molecule has 3 heterocycles. The normalized spacial score (nSPS) is 19.7. The van der Waals surface area contributed by atoms with E-state index in [2.05, 4.69) is 4.98 Å². The highest BCUT2D eigenvalue weighted by Gasteiger charge is 2.39. The summed E-state index contributed by atoms with van der Waals surface area (Å²) in [5, 5.41) is 1.59. The maximum Gasteiger partial charge on any atom is 0.267 e. The predicted molar refractivity (Wildman–Crippen MR) is 135 cm³/mol. The Bertz CT molecular complexity index is 1250. The van der Waals surface area contributed by atoms with E-state index in [0.717, 1.165) is 31.2 Å². The molecule has 5 nitrogen and oxygen atoms in total. The van der Waals surface area contributed by atoms with E-state index in [0.29, 0.717) is 37.5 Å². The Balaban J connectivity index is 1.48. The molecule has 1 amide bonds. The van der Waals surface area contributed by atoms with Crippen molar-refractivity contribution in [1.82, 2.24) is 9.88 Å². The van der Waals surface area contributed by atoms with Crippen LogP contribution in [0.15, 0.2) is 69.0 Å². The third kappa shape index (κ3) is 4.88. The van der Waals surface area contributed by atoms with E-state index in [4.69, 9.17) is 32.6 Å². The number of aromatic nitrogens is 1. The molecule has 1 aliphatic heterocycles. The van der Waals surface area contributed by atoms with Gasteiger partial charge < -0.3 is 4.42 Å². The predicted octanol–water partition coefficient (Wildman–Crippen LogP) is 7.59. The molecule has 0 radical (unpaired) electrons. The maximum atomic E-state index is 13.5. The molecular formula is C25H21Cl2N3O2S. The zero-order chi connectivity index (χ0) is 22.8. The summed E-state index contributed by atoms with van der Waals surface area (Å²) in [5.41, 5.74) is 1.44. The number of pyridine rings is 1. The van der Waals surface area contributed by atoms with Crippen molar-refractivity contribution in [2.45, 2.75) is 38.1 Å². The van der Waals surface area contributed by atoms with Crippen LogP contribution in [0.2, 0.25) is 10.2 Å². The Kier molecular flexibility index (Phi) is 6.58. The van der Waals surface area contributed by atoms with Crippen LogP contribution < -0.4 is 0 Å². The molecule has 5 rings (SSSR count). The Labute approximate surface area is 206 Å². The van der Waals surface area contributed by atoms with Crippen molar-refractivity contribution in [2.75, 3.05) is 0 Å². The average Bonchev–Trinajstić information content (AvgIpc) is 3.41. The molecule has 0 bridgehead atoms. The fourth-order valence-electron chi connectivity index (χ4n) is 4.15. The topological polar surface area (TPSA) is 58.7 Å².